The van der Waals surface area contributed by atoms with Crippen LogP contribution in [-0.2, 0) is 12.0 Å². The Bertz CT molecular complexity index is 513. The smallest absolute Gasteiger partial charge is 0.271 e. The summed E-state index contributed by atoms with van der Waals surface area (Å²) in [5.74, 6) is 0.110. The summed E-state index contributed by atoms with van der Waals surface area (Å²) >= 11 is 0. The van der Waals surface area contributed by atoms with Crippen LogP contribution in [0.1, 0.15) is 76.5 Å². The zero-order valence-corrected chi connectivity index (χ0v) is 16.3. The van der Waals surface area contributed by atoms with Crippen molar-refractivity contribution in [3.05, 3.63) is 17.5 Å². The van der Waals surface area contributed by atoms with Crippen LogP contribution in [0, 0.1) is 5.92 Å². The van der Waals surface area contributed by atoms with Crippen molar-refractivity contribution in [3.8, 4) is 0 Å². The van der Waals surface area contributed by atoms with Crippen molar-refractivity contribution in [2.45, 2.75) is 72.3 Å². The topological polar surface area (TPSA) is 58.4 Å². The Morgan fingerprint density at radius 2 is 2.00 bits per heavy atom. The third-order valence-corrected chi connectivity index (χ3v) is 4.46. The molecule has 1 N–H and O–H groups in total. The van der Waals surface area contributed by atoms with Gasteiger partial charge in [-0.3, -0.25) is 9.48 Å². The van der Waals surface area contributed by atoms with Gasteiger partial charge in [0.15, 0.2) is 0 Å². The lowest BCUT2D eigenvalue weighted by atomic mass is 9.92. The third kappa shape index (κ3) is 5.62. The molecule has 0 aliphatic rings. The van der Waals surface area contributed by atoms with E-state index in [1.807, 2.05) is 17.7 Å². The minimum atomic E-state index is -0.0827. The van der Waals surface area contributed by atoms with E-state index in [9.17, 15) is 9.90 Å². The average Bonchev–Trinajstić information content (AvgIpc) is 2.96. The van der Waals surface area contributed by atoms with Gasteiger partial charge in [-0.25, -0.2) is 0 Å². The Labute approximate surface area is 147 Å². The highest BCUT2D eigenvalue weighted by molar-refractivity contribution is 5.92. The maximum Gasteiger partial charge on any atom is 0.271 e. The standard InChI is InChI=1S/C19H35N3O2/c1-7-9-10-11-22-16(12-17(20-22)19(3,4)5)18(24)21(6)13-15(8-2)14-23/h12,15,23H,7-11,13-14H2,1-6H3/t15-/m0/s1. The highest BCUT2D eigenvalue weighted by Gasteiger charge is 2.25. The van der Waals surface area contributed by atoms with E-state index in [1.54, 1.807) is 11.9 Å². The number of rotatable bonds is 9. The molecule has 138 valence electrons. The van der Waals surface area contributed by atoms with Gasteiger partial charge in [0.25, 0.3) is 5.91 Å². The number of nitrogens with zero attached hydrogens (tertiary/aromatic N) is 3. The van der Waals surface area contributed by atoms with Gasteiger partial charge in [0.05, 0.1) is 5.69 Å². The molecule has 1 amide bonds. The zero-order valence-electron chi connectivity index (χ0n) is 16.3. The number of hydrogen-bond acceptors (Lipinski definition) is 3. The maximum atomic E-state index is 12.9. The fourth-order valence-electron chi connectivity index (χ4n) is 2.62. The summed E-state index contributed by atoms with van der Waals surface area (Å²) in [7, 11) is 1.81. The second-order valence-corrected chi connectivity index (χ2v) is 7.74. The molecular weight excluding hydrogens is 302 g/mol. The number of aliphatic hydroxyl groups is 1. The van der Waals surface area contributed by atoms with E-state index in [2.05, 4.69) is 27.7 Å². The number of aryl methyl sites for hydroxylation is 1. The molecule has 5 heteroatoms. The summed E-state index contributed by atoms with van der Waals surface area (Å²) in [6.07, 6.45) is 4.17. The van der Waals surface area contributed by atoms with Crippen LogP contribution in [0.4, 0.5) is 0 Å². The van der Waals surface area contributed by atoms with E-state index < -0.39 is 0 Å². The Hall–Kier alpha value is -1.36. The molecule has 24 heavy (non-hydrogen) atoms. The molecule has 0 unspecified atom stereocenters. The maximum absolute atomic E-state index is 12.9. The van der Waals surface area contributed by atoms with Gasteiger partial charge in [0.2, 0.25) is 0 Å². The van der Waals surface area contributed by atoms with Crippen LogP contribution in [0.5, 0.6) is 0 Å². The van der Waals surface area contributed by atoms with Gasteiger partial charge in [0.1, 0.15) is 5.69 Å². The molecule has 5 nitrogen and oxygen atoms in total. The van der Waals surface area contributed by atoms with E-state index in [4.69, 9.17) is 5.10 Å². The molecule has 1 aromatic heterocycles. The van der Waals surface area contributed by atoms with E-state index in [0.29, 0.717) is 12.2 Å². The summed E-state index contributed by atoms with van der Waals surface area (Å²) in [6.45, 7) is 12.0. The zero-order chi connectivity index (χ0) is 18.3. The van der Waals surface area contributed by atoms with Crippen molar-refractivity contribution in [2.24, 2.45) is 5.92 Å². The fourth-order valence-corrected chi connectivity index (χ4v) is 2.62. The van der Waals surface area contributed by atoms with Crippen molar-refractivity contribution in [3.63, 3.8) is 0 Å². The Balaban J connectivity index is 3.01. The number of aromatic nitrogens is 2. The minimum Gasteiger partial charge on any atom is -0.396 e. The molecular formula is C19H35N3O2. The van der Waals surface area contributed by atoms with Crippen molar-refractivity contribution in [1.29, 1.82) is 0 Å². The van der Waals surface area contributed by atoms with Gasteiger partial charge in [0, 0.05) is 32.2 Å². The van der Waals surface area contributed by atoms with Gasteiger partial charge in [-0.15, -0.1) is 0 Å². The lowest BCUT2D eigenvalue weighted by Gasteiger charge is -2.22. The van der Waals surface area contributed by atoms with Crippen LogP contribution >= 0.6 is 0 Å². The van der Waals surface area contributed by atoms with Gasteiger partial charge < -0.3 is 10.0 Å². The molecule has 1 atom stereocenters. The van der Waals surface area contributed by atoms with E-state index in [1.165, 1.54) is 0 Å². The van der Waals surface area contributed by atoms with E-state index in [0.717, 1.165) is 37.9 Å². The second kappa shape index (κ2) is 9.21. The fraction of sp³-hybridized carbons (Fsp3) is 0.789. The SMILES string of the molecule is CCCCCn1nc(C(C)(C)C)cc1C(=O)N(C)C[C@H](CC)CO. The summed E-state index contributed by atoms with van der Waals surface area (Å²) in [5, 5.41) is 14.1. The molecule has 0 fully saturated rings. The van der Waals surface area contributed by atoms with Crippen molar-refractivity contribution in [1.82, 2.24) is 14.7 Å². The summed E-state index contributed by atoms with van der Waals surface area (Å²) < 4.78 is 1.87. The molecule has 0 aliphatic heterocycles. The number of carbonyl (C=O) groups excluding carboxylic acids is 1. The molecule has 0 radical (unpaired) electrons. The first kappa shape index (κ1) is 20.7. The predicted molar refractivity (Wildman–Crippen MR) is 98.3 cm³/mol. The van der Waals surface area contributed by atoms with Crippen LogP contribution in [0.2, 0.25) is 0 Å². The highest BCUT2D eigenvalue weighted by atomic mass is 16.3. The normalized spacial score (nSPS) is 13.1. The van der Waals surface area contributed by atoms with Gasteiger partial charge in [-0.1, -0.05) is 47.5 Å². The molecule has 0 spiro atoms. The quantitative estimate of drug-likeness (QED) is 0.702. The van der Waals surface area contributed by atoms with Crippen LogP contribution in [0.3, 0.4) is 0 Å². The van der Waals surface area contributed by atoms with Gasteiger partial charge in [-0.05, 0) is 24.8 Å². The summed E-state index contributed by atoms with van der Waals surface area (Å²) in [6, 6.07) is 1.94. The molecule has 0 aromatic carbocycles. The number of aliphatic hydroxyl groups excluding tert-OH is 1. The number of unbranched alkanes of at least 4 members (excludes halogenated alkanes) is 2. The first-order valence-electron chi connectivity index (χ1n) is 9.19. The number of amides is 1. The lowest BCUT2D eigenvalue weighted by Crippen LogP contribution is -2.34. The largest absolute Gasteiger partial charge is 0.396 e. The molecule has 0 bridgehead atoms. The Kier molecular flexibility index (Phi) is 7.94. The van der Waals surface area contributed by atoms with Crippen molar-refractivity contribution >= 4 is 5.91 Å². The Morgan fingerprint density at radius 1 is 1.33 bits per heavy atom. The second-order valence-electron chi connectivity index (χ2n) is 7.74. The predicted octanol–water partition coefficient (Wildman–Crippen LogP) is 3.46. The van der Waals surface area contributed by atoms with Gasteiger partial charge >= 0.3 is 0 Å². The Morgan fingerprint density at radius 3 is 2.50 bits per heavy atom. The first-order valence-corrected chi connectivity index (χ1v) is 9.19. The van der Waals surface area contributed by atoms with Crippen molar-refractivity contribution < 1.29 is 9.90 Å². The molecule has 0 saturated heterocycles. The van der Waals surface area contributed by atoms with Crippen LogP contribution in [0.15, 0.2) is 6.07 Å². The molecule has 0 aliphatic carbocycles. The molecule has 1 heterocycles. The highest BCUT2D eigenvalue weighted by Crippen LogP contribution is 2.23. The average molecular weight is 338 g/mol. The lowest BCUT2D eigenvalue weighted by molar-refractivity contribution is 0.0734. The van der Waals surface area contributed by atoms with Crippen LogP contribution in [-0.4, -0.2) is 45.9 Å². The summed E-state index contributed by atoms with van der Waals surface area (Å²) in [4.78, 5) is 14.6. The van der Waals surface area contributed by atoms with Crippen molar-refractivity contribution in [2.75, 3.05) is 20.2 Å². The van der Waals surface area contributed by atoms with Crippen LogP contribution in [0.25, 0.3) is 0 Å². The first-order chi connectivity index (χ1) is 11.2. The molecule has 1 aromatic rings. The summed E-state index contributed by atoms with van der Waals surface area (Å²) in [5.41, 5.74) is 1.52. The minimum absolute atomic E-state index is 0.0126. The van der Waals surface area contributed by atoms with Gasteiger partial charge in [-0.2, -0.15) is 5.10 Å². The number of hydrogen-bond donors (Lipinski definition) is 1. The molecule has 1 rings (SSSR count). The molecule has 0 saturated carbocycles. The monoisotopic (exact) mass is 337 g/mol. The van der Waals surface area contributed by atoms with Crippen LogP contribution < -0.4 is 0 Å². The third-order valence-electron chi connectivity index (χ3n) is 4.46. The number of carbonyl (C=O) groups is 1. The van der Waals surface area contributed by atoms with E-state index in [-0.39, 0.29) is 23.8 Å². The van der Waals surface area contributed by atoms with E-state index >= 15 is 0 Å².